The van der Waals surface area contributed by atoms with Crippen LogP contribution in [0.4, 0.5) is 10.6 Å². The summed E-state index contributed by atoms with van der Waals surface area (Å²) in [4.78, 5) is 27.3. The zero-order chi connectivity index (χ0) is 25.3. The zero-order valence-electron chi connectivity index (χ0n) is 21.8. The normalized spacial score (nSPS) is 11.4. The Morgan fingerprint density at radius 1 is 1.18 bits per heavy atom. The molecule has 0 spiro atoms. The molecule has 1 aromatic heterocycles. The van der Waals surface area contributed by atoms with Gasteiger partial charge >= 0.3 is 6.03 Å². The molecule has 2 N–H and O–H groups in total. The van der Waals surface area contributed by atoms with E-state index in [-0.39, 0.29) is 23.9 Å². The fourth-order valence-electron chi connectivity index (χ4n) is 3.26. The maximum Gasteiger partial charge on any atom is 0.317 e. The summed E-state index contributed by atoms with van der Waals surface area (Å²) < 4.78 is 6.98. The minimum atomic E-state index is -0.260. The summed E-state index contributed by atoms with van der Waals surface area (Å²) in [6.45, 7) is 13.6. The lowest BCUT2D eigenvalue weighted by molar-refractivity contribution is -0.116. The van der Waals surface area contributed by atoms with Gasteiger partial charge in [0, 0.05) is 24.6 Å². The van der Waals surface area contributed by atoms with Crippen molar-refractivity contribution in [1.82, 2.24) is 20.0 Å². The van der Waals surface area contributed by atoms with E-state index in [9.17, 15) is 9.59 Å². The average molecular weight is 472 g/mol. The molecule has 2 rings (SSSR count). The molecule has 34 heavy (non-hydrogen) atoms. The van der Waals surface area contributed by atoms with Crippen LogP contribution in [0.25, 0.3) is 5.69 Å². The van der Waals surface area contributed by atoms with Crippen molar-refractivity contribution in [1.29, 1.82) is 0 Å². The lowest BCUT2D eigenvalue weighted by atomic mass is 9.92. The van der Waals surface area contributed by atoms with E-state index < -0.39 is 0 Å². The summed E-state index contributed by atoms with van der Waals surface area (Å²) in [7, 11) is 1.62. The maximum absolute atomic E-state index is 13.1. The first kappa shape index (κ1) is 27.2. The third-order valence-electron chi connectivity index (χ3n) is 5.47. The molecular weight excluding hydrogens is 430 g/mol. The second-order valence-electron chi connectivity index (χ2n) is 10.0. The van der Waals surface area contributed by atoms with E-state index in [4.69, 9.17) is 9.84 Å². The van der Waals surface area contributed by atoms with Crippen LogP contribution in [0.1, 0.15) is 66.5 Å². The SMILES string of the molecule is CCCCNC(=O)N(CCC(C)C)CC(=O)Nc1cc(C(C)(C)C)nn1-c1ccc(OC)cc1. The number of hydrogen-bond acceptors (Lipinski definition) is 4. The number of nitrogens with zero attached hydrogens (tertiary/aromatic N) is 3. The van der Waals surface area contributed by atoms with E-state index in [1.807, 2.05) is 30.3 Å². The first-order valence-electron chi connectivity index (χ1n) is 12.1. The predicted molar refractivity (Wildman–Crippen MR) is 137 cm³/mol. The molecular formula is C26H41N5O3. The van der Waals surface area contributed by atoms with Crippen LogP contribution in [-0.2, 0) is 10.2 Å². The number of amides is 3. The lowest BCUT2D eigenvalue weighted by Gasteiger charge is -2.23. The van der Waals surface area contributed by atoms with E-state index >= 15 is 0 Å². The molecule has 0 fully saturated rings. The molecule has 188 valence electrons. The fraction of sp³-hybridized carbons (Fsp3) is 0.577. The molecule has 0 aliphatic heterocycles. The number of aromatic nitrogens is 2. The summed E-state index contributed by atoms with van der Waals surface area (Å²) in [6.07, 6.45) is 2.73. The van der Waals surface area contributed by atoms with Crippen LogP contribution in [0, 0.1) is 5.92 Å². The van der Waals surface area contributed by atoms with Crippen LogP contribution in [0.3, 0.4) is 0 Å². The second kappa shape index (κ2) is 12.4. The van der Waals surface area contributed by atoms with Crippen molar-refractivity contribution in [2.45, 2.75) is 66.2 Å². The number of urea groups is 1. The largest absolute Gasteiger partial charge is 0.497 e. The molecule has 0 aliphatic carbocycles. The highest BCUT2D eigenvalue weighted by Crippen LogP contribution is 2.27. The van der Waals surface area contributed by atoms with Gasteiger partial charge in [-0.05, 0) is 43.0 Å². The Bertz CT molecular complexity index is 929. The van der Waals surface area contributed by atoms with Crippen molar-refractivity contribution >= 4 is 17.8 Å². The molecule has 8 nitrogen and oxygen atoms in total. The van der Waals surface area contributed by atoms with Gasteiger partial charge in [-0.1, -0.05) is 48.0 Å². The summed E-state index contributed by atoms with van der Waals surface area (Å²) in [5, 5.41) is 10.7. The van der Waals surface area contributed by atoms with Gasteiger partial charge in [0.05, 0.1) is 18.5 Å². The third-order valence-corrected chi connectivity index (χ3v) is 5.47. The van der Waals surface area contributed by atoms with Crippen LogP contribution in [-0.4, -0.2) is 53.4 Å². The number of benzene rings is 1. The Hall–Kier alpha value is -3.03. The molecule has 0 aliphatic rings. The van der Waals surface area contributed by atoms with E-state index in [0.29, 0.717) is 24.8 Å². The second-order valence-corrected chi connectivity index (χ2v) is 10.0. The molecule has 2 aromatic rings. The van der Waals surface area contributed by atoms with Gasteiger partial charge in [0.1, 0.15) is 18.1 Å². The number of carbonyl (C=O) groups excluding carboxylic acids is 2. The Labute approximate surface area is 204 Å². The van der Waals surface area contributed by atoms with Crippen molar-refractivity contribution in [3.05, 3.63) is 36.0 Å². The number of unbranched alkanes of at least 4 members (excludes halogenated alkanes) is 1. The molecule has 0 saturated heterocycles. The van der Waals surface area contributed by atoms with Crippen LogP contribution < -0.4 is 15.4 Å². The van der Waals surface area contributed by atoms with E-state index in [1.165, 1.54) is 0 Å². The Morgan fingerprint density at radius 3 is 2.41 bits per heavy atom. The molecule has 8 heteroatoms. The van der Waals surface area contributed by atoms with Crippen molar-refractivity contribution in [2.24, 2.45) is 5.92 Å². The van der Waals surface area contributed by atoms with Gasteiger partial charge in [0.25, 0.3) is 0 Å². The standard InChI is InChI=1S/C26H41N5O3/c1-8-9-15-27-25(33)30(16-14-19(2)3)18-24(32)28-23-17-22(26(4,5)6)29-31(23)20-10-12-21(34-7)13-11-20/h10-13,17,19H,8-9,14-16,18H2,1-7H3,(H,27,33)(H,28,32). The number of rotatable bonds is 11. The summed E-state index contributed by atoms with van der Waals surface area (Å²) >= 11 is 0. The molecule has 0 saturated carbocycles. The van der Waals surface area contributed by atoms with Gasteiger partial charge in [0.2, 0.25) is 5.91 Å². The molecule has 3 amide bonds. The number of carbonyl (C=O) groups is 2. The topological polar surface area (TPSA) is 88.5 Å². The van der Waals surface area contributed by atoms with Crippen molar-refractivity contribution in [2.75, 3.05) is 32.1 Å². The maximum atomic E-state index is 13.1. The highest BCUT2D eigenvalue weighted by molar-refractivity contribution is 5.94. The van der Waals surface area contributed by atoms with Crippen LogP contribution >= 0.6 is 0 Å². The summed E-state index contributed by atoms with van der Waals surface area (Å²) in [5.74, 6) is 1.48. The van der Waals surface area contributed by atoms with Gasteiger partial charge in [-0.2, -0.15) is 5.10 Å². The highest BCUT2D eigenvalue weighted by atomic mass is 16.5. The minimum absolute atomic E-state index is 0.0245. The Balaban J connectivity index is 2.23. The quantitative estimate of drug-likeness (QED) is 0.453. The van der Waals surface area contributed by atoms with Crippen LogP contribution in [0.15, 0.2) is 30.3 Å². The number of anilines is 1. The molecule has 1 aromatic carbocycles. The van der Waals surface area contributed by atoms with Crippen molar-refractivity contribution in [3.8, 4) is 11.4 Å². The van der Waals surface area contributed by atoms with Gasteiger partial charge in [-0.15, -0.1) is 0 Å². The third kappa shape index (κ3) is 8.08. The van der Waals surface area contributed by atoms with Crippen LogP contribution in [0.2, 0.25) is 0 Å². The van der Waals surface area contributed by atoms with Gasteiger partial charge in [0.15, 0.2) is 0 Å². The number of hydrogen-bond donors (Lipinski definition) is 2. The Morgan fingerprint density at radius 2 is 1.85 bits per heavy atom. The minimum Gasteiger partial charge on any atom is -0.497 e. The van der Waals surface area contributed by atoms with Gasteiger partial charge in [-0.25, -0.2) is 9.48 Å². The van der Waals surface area contributed by atoms with E-state index in [2.05, 4.69) is 52.2 Å². The van der Waals surface area contributed by atoms with E-state index in [0.717, 1.165) is 36.4 Å². The fourth-order valence-corrected chi connectivity index (χ4v) is 3.26. The van der Waals surface area contributed by atoms with Crippen molar-refractivity contribution < 1.29 is 14.3 Å². The first-order valence-corrected chi connectivity index (χ1v) is 12.1. The van der Waals surface area contributed by atoms with Crippen molar-refractivity contribution in [3.63, 3.8) is 0 Å². The summed E-state index contributed by atoms with van der Waals surface area (Å²) in [5.41, 5.74) is 1.47. The number of nitrogens with one attached hydrogen (secondary N) is 2. The number of methoxy groups -OCH3 is 1. The zero-order valence-corrected chi connectivity index (χ0v) is 21.8. The lowest BCUT2D eigenvalue weighted by Crippen LogP contribution is -2.45. The summed E-state index contributed by atoms with van der Waals surface area (Å²) in [6, 6.07) is 9.18. The molecule has 1 heterocycles. The first-order chi connectivity index (χ1) is 16.0. The smallest absolute Gasteiger partial charge is 0.317 e. The monoisotopic (exact) mass is 471 g/mol. The molecule has 0 bridgehead atoms. The van der Waals surface area contributed by atoms with Gasteiger partial charge in [-0.3, -0.25) is 4.79 Å². The predicted octanol–water partition coefficient (Wildman–Crippen LogP) is 4.97. The van der Waals surface area contributed by atoms with E-state index in [1.54, 1.807) is 16.7 Å². The highest BCUT2D eigenvalue weighted by Gasteiger charge is 2.23. The molecule has 0 radical (unpaired) electrons. The van der Waals surface area contributed by atoms with Gasteiger partial charge < -0.3 is 20.3 Å². The molecule has 0 unspecified atom stereocenters. The average Bonchev–Trinajstić information content (AvgIpc) is 3.20. The van der Waals surface area contributed by atoms with Crippen LogP contribution in [0.5, 0.6) is 5.75 Å². The Kier molecular flexibility index (Phi) is 9.96. The molecule has 0 atom stereocenters. The number of ether oxygens (including phenoxy) is 1.